The van der Waals surface area contributed by atoms with Gasteiger partial charge in [-0.3, -0.25) is 9.69 Å². The SMILES string of the molecule is CCCCCCCCCCC(O)CN(CCCC(=O)Oc1c(C)cc(C(=O)OCCCN(C)C)cc1C(C)CC)CC(O)CCCCCCCCCC. The van der Waals surface area contributed by atoms with E-state index >= 15 is 0 Å². The van der Waals surface area contributed by atoms with Gasteiger partial charge in [0.05, 0.1) is 24.4 Å². The summed E-state index contributed by atoms with van der Waals surface area (Å²) in [5.74, 6) is -0.0373. The van der Waals surface area contributed by atoms with Crippen LogP contribution in [-0.2, 0) is 9.53 Å². The first-order valence-corrected chi connectivity index (χ1v) is 21.8. The third-order valence-corrected chi connectivity index (χ3v) is 10.5. The van der Waals surface area contributed by atoms with E-state index in [1.165, 1.54) is 77.0 Å². The van der Waals surface area contributed by atoms with Crippen molar-refractivity contribution in [1.82, 2.24) is 9.80 Å². The van der Waals surface area contributed by atoms with Crippen LogP contribution in [0.5, 0.6) is 5.75 Å². The van der Waals surface area contributed by atoms with E-state index in [0.29, 0.717) is 44.0 Å². The molecule has 1 rings (SSSR count). The van der Waals surface area contributed by atoms with E-state index in [-0.39, 0.29) is 24.3 Å². The molecule has 0 saturated carbocycles. The molecule has 0 aliphatic rings. The molecule has 0 aliphatic heterocycles. The quantitative estimate of drug-likeness (QED) is 0.0409. The monoisotopic (exact) mass is 747 g/mol. The average Bonchev–Trinajstić information content (AvgIpc) is 3.12. The molecule has 1 aromatic carbocycles. The molecule has 0 amide bonds. The first-order chi connectivity index (χ1) is 25.5. The minimum Gasteiger partial charge on any atom is -0.462 e. The molecule has 8 heteroatoms. The van der Waals surface area contributed by atoms with Gasteiger partial charge >= 0.3 is 11.9 Å². The molecule has 0 saturated heterocycles. The van der Waals surface area contributed by atoms with Crippen LogP contribution in [0.15, 0.2) is 12.1 Å². The molecule has 8 nitrogen and oxygen atoms in total. The Morgan fingerprint density at radius 3 is 1.70 bits per heavy atom. The van der Waals surface area contributed by atoms with Crippen LogP contribution in [0.25, 0.3) is 0 Å². The zero-order valence-corrected chi connectivity index (χ0v) is 35.4. The molecule has 0 aromatic heterocycles. The fourth-order valence-corrected chi connectivity index (χ4v) is 6.95. The number of unbranched alkanes of at least 4 members (excludes halogenated alkanes) is 14. The van der Waals surface area contributed by atoms with Crippen LogP contribution in [0.3, 0.4) is 0 Å². The van der Waals surface area contributed by atoms with Crippen LogP contribution in [0.1, 0.15) is 196 Å². The molecular formula is C45H82N2O6. The number of aliphatic hydroxyl groups is 2. The Hall–Kier alpha value is -2.00. The van der Waals surface area contributed by atoms with E-state index < -0.39 is 12.2 Å². The van der Waals surface area contributed by atoms with E-state index in [9.17, 15) is 19.8 Å². The molecule has 3 unspecified atom stereocenters. The highest BCUT2D eigenvalue weighted by molar-refractivity contribution is 5.90. The maximum atomic E-state index is 13.2. The number of aryl methyl sites for hydroxylation is 1. The lowest BCUT2D eigenvalue weighted by Crippen LogP contribution is -2.39. The molecule has 3 atom stereocenters. The second-order valence-electron chi connectivity index (χ2n) is 16.0. The molecule has 308 valence electrons. The minimum atomic E-state index is -0.448. The molecule has 0 spiro atoms. The molecule has 0 radical (unpaired) electrons. The molecular weight excluding hydrogens is 665 g/mol. The summed E-state index contributed by atoms with van der Waals surface area (Å²) in [4.78, 5) is 30.3. The number of ether oxygens (including phenoxy) is 2. The molecule has 0 bridgehead atoms. The average molecular weight is 747 g/mol. The lowest BCUT2D eigenvalue weighted by molar-refractivity contribution is -0.134. The van der Waals surface area contributed by atoms with Crippen molar-refractivity contribution in [2.75, 3.05) is 46.9 Å². The number of carbonyl (C=O) groups excluding carboxylic acids is 2. The smallest absolute Gasteiger partial charge is 0.338 e. The van der Waals surface area contributed by atoms with Gasteiger partial charge in [-0.15, -0.1) is 0 Å². The third kappa shape index (κ3) is 24.2. The van der Waals surface area contributed by atoms with Gasteiger partial charge < -0.3 is 24.6 Å². The fraction of sp³-hybridized carbons (Fsp3) is 0.822. The number of nitrogens with zero attached hydrogens (tertiary/aromatic N) is 2. The summed E-state index contributed by atoms with van der Waals surface area (Å²) in [6.07, 6.45) is 22.8. The summed E-state index contributed by atoms with van der Waals surface area (Å²) in [7, 11) is 3.99. The van der Waals surface area contributed by atoms with Crippen molar-refractivity contribution in [2.24, 2.45) is 0 Å². The van der Waals surface area contributed by atoms with Crippen LogP contribution < -0.4 is 4.74 Å². The zero-order valence-electron chi connectivity index (χ0n) is 35.4. The third-order valence-electron chi connectivity index (χ3n) is 10.5. The second-order valence-corrected chi connectivity index (χ2v) is 16.0. The van der Waals surface area contributed by atoms with E-state index in [0.717, 1.165) is 69.0 Å². The van der Waals surface area contributed by atoms with E-state index in [1.807, 2.05) is 27.1 Å². The van der Waals surface area contributed by atoms with Crippen LogP contribution in [0.2, 0.25) is 0 Å². The summed E-state index contributed by atoms with van der Waals surface area (Å²) < 4.78 is 11.5. The number of benzene rings is 1. The molecule has 1 aromatic rings. The van der Waals surface area contributed by atoms with Gasteiger partial charge in [0.15, 0.2) is 0 Å². The second kappa shape index (κ2) is 31.2. The van der Waals surface area contributed by atoms with Gasteiger partial charge in [-0.25, -0.2) is 4.79 Å². The number of hydrogen-bond donors (Lipinski definition) is 2. The lowest BCUT2D eigenvalue weighted by atomic mass is 9.93. The Labute approximate surface area is 325 Å². The number of aliphatic hydroxyl groups excluding tert-OH is 2. The van der Waals surface area contributed by atoms with Crippen LogP contribution in [0, 0.1) is 6.92 Å². The van der Waals surface area contributed by atoms with Gasteiger partial charge in [-0.1, -0.05) is 130 Å². The molecule has 0 fully saturated rings. The fourth-order valence-electron chi connectivity index (χ4n) is 6.95. The summed E-state index contributed by atoms with van der Waals surface area (Å²) in [5, 5.41) is 21.9. The summed E-state index contributed by atoms with van der Waals surface area (Å²) in [6, 6.07) is 3.58. The van der Waals surface area contributed by atoms with Crippen molar-refractivity contribution < 1.29 is 29.3 Å². The van der Waals surface area contributed by atoms with Gasteiger partial charge in [0.25, 0.3) is 0 Å². The summed E-state index contributed by atoms with van der Waals surface area (Å²) >= 11 is 0. The maximum Gasteiger partial charge on any atom is 0.338 e. The van der Waals surface area contributed by atoms with E-state index in [1.54, 1.807) is 6.07 Å². The molecule has 53 heavy (non-hydrogen) atoms. The summed E-state index contributed by atoms with van der Waals surface area (Å²) in [5.41, 5.74) is 2.07. The highest BCUT2D eigenvalue weighted by Gasteiger charge is 2.21. The van der Waals surface area contributed by atoms with Gasteiger partial charge in [0.1, 0.15) is 5.75 Å². The van der Waals surface area contributed by atoms with Crippen molar-refractivity contribution in [2.45, 2.75) is 194 Å². The van der Waals surface area contributed by atoms with Crippen LogP contribution in [-0.4, -0.2) is 91.0 Å². The van der Waals surface area contributed by atoms with Crippen molar-refractivity contribution in [3.8, 4) is 5.75 Å². The van der Waals surface area contributed by atoms with Crippen molar-refractivity contribution in [1.29, 1.82) is 0 Å². The predicted molar refractivity (Wildman–Crippen MR) is 221 cm³/mol. The van der Waals surface area contributed by atoms with Gasteiger partial charge in [0, 0.05) is 26.1 Å². The Morgan fingerprint density at radius 2 is 1.21 bits per heavy atom. The Balaban J connectivity index is 2.77. The number of esters is 2. The van der Waals surface area contributed by atoms with Crippen LogP contribution >= 0.6 is 0 Å². The van der Waals surface area contributed by atoms with Crippen LogP contribution in [0.4, 0.5) is 0 Å². The lowest BCUT2D eigenvalue weighted by Gasteiger charge is -2.27. The highest BCUT2D eigenvalue weighted by Crippen LogP contribution is 2.34. The van der Waals surface area contributed by atoms with E-state index in [4.69, 9.17) is 9.47 Å². The number of hydrogen-bond acceptors (Lipinski definition) is 8. The van der Waals surface area contributed by atoms with Gasteiger partial charge in [-0.2, -0.15) is 0 Å². The van der Waals surface area contributed by atoms with Gasteiger partial charge in [0.2, 0.25) is 0 Å². The highest BCUT2D eigenvalue weighted by atomic mass is 16.5. The topological polar surface area (TPSA) is 99.5 Å². The largest absolute Gasteiger partial charge is 0.462 e. The minimum absolute atomic E-state index is 0.0959. The number of carbonyl (C=O) groups is 2. The maximum absolute atomic E-state index is 13.2. The predicted octanol–water partition coefficient (Wildman–Crippen LogP) is 10.4. The van der Waals surface area contributed by atoms with E-state index in [2.05, 4.69) is 37.5 Å². The first kappa shape index (κ1) is 49.0. The molecule has 2 N–H and O–H groups in total. The normalized spacial score (nSPS) is 13.4. The van der Waals surface area contributed by atoms with Crippen molar-refractivity contribution in [3.63, 3.8) is 0 Å². The van der Waals surface area contributed by atoms with Gasteiger partial charge in [-0.05, 0) is 88.8 Å². The molecule has 0 heterocycles. The van der Waals surface area contributed by atoms with Crippen molar-refractivity contribution in [3.05, 3.63) is 28.8 Å². The Kier molecular flexibility index (Phi) is 28.9. The number of rotatable bonds is 34. The molecule has 0 aliphatic carbocycles. The standard InChI is InChI=1S/C45H82N2O6/c1-8-11-13-15-17-19-21-23-27-40(48)35-47(36-41(49)28-24-22-20-18-16-14-12-9-2)31-25-29-43(50)53-44-38(5)33-39(34-42(44)37(4)10-3)45(51)52-32-26-30-46(6)7/h33-34,37,40-41,48-49H,8-32,35-36H2,1-7H3. The first-order valence-electron chi connectivity index (χ1n) is 21.8. The van der Waals surface area contributed by atoms with Crippen molar-refractivity contribution >= 4 is 11.9 Å². The Morgan fingerprint density at radius 1 is 0.698 bits per heavy atom. The Bertz CT molecular complexity index is 1050. The zero-order chi connectivity index (χ0) is 39.3. The summed E-state index contributed by atoms with van der Waals surface area (Å²) in [6.45, 7) is 13.3.